The Morgan fingerprint density at radius 1 is 1.10 bits per heavy atom. The van der Waals surface area contributed by atoms with Crippen LogP contribution in [0.2, 0.25) is 0 Å². The van der Waals surface area contributed by atoms with E-state index in [-0.39, 0.29) is 23.9 Å². The number of thioether (sulfide) groups is 1. The first-order valence-electron chi connectivity index (χ1n) is 9.58. The largest absolute Gasteiger partial charge is 0.494 e. The Bertz CT molecular complexity index is 1130. The Morgan fingerprint density at radius 2 is 1.81 bits per heavy atom. The van der Waals surface area contributed by atoms with Gasteiger partial charge in [0.05, 0.1) is 22.8 Å². The Balaban J connectivity index is 1.58. The van der Waals surface area contributed by atoms with Crippen molar-refractivity contribution in [1.82, 2.24) is 4.90 Å². The highest BCUT2D eigenvalue weighted by Gasteiger charge is 2.41. The van der Waals surface area contributed by atoms with Gasteiger partial charge in [-0.3, -0.25) is 24.2 Å². The number of hydrogen-bond acceptors (Lipinski definition) is 6. The fourth-order valence-electron chi connectivity index (χ4n) is 3.39. The van der Waals surface area contributed by atoms with Crippen molar-refractivity contribution in [2.45, 2.75) is 6.92 Å². The van der Waals surface area contributed by atoms with Crippen molar-refractivity contribution in [1.29, 1.82) is 0 Å². The lowest BCUT2D eigenvalue weighted by molar-refractivity contribution is -0.121. The minimum Gasteiger partial charge on any atom is -0.494 e. The van der Waals surface area contributed by atoms with E-state index in [1.165, 1.54) is 9.80 Å². The molecule has 2 aliphatic heterocycles. The van der Waals surface area contributed by atoms with Gasteiger partial charge in [0.2, 0.25) is 5.91 Å². The van der Waals surface area contributed by atoms with E-state index in [1.807, 2.05) is 6.92 Å². The molecular weight excluding hydrogens is 434 g/mol. The van der Waals surface area contributed by atoms with Crippen LogP contribution in [0.25, 0.3) is 5.57 Å². The predicted octanol–water partition coefficient (Wildman–Crippen LogP) is 3.27. The lowest BCUT2D eigenvalue weighted by Crippen LogP contribution is -2.35. The molecule has 4 rings (SSSR count). The van der Waals surface area contributed by atoms with Crippen molar-refractivity contribution in [3.05, 3.63) is 59.0 Å². The van der Waals surface area contributed by atoms with Crippen LogP contribution >= 0.6 is 24.0 Å². The molecule has 0 radical (unpaired) electrons. The third-order valence-corrected chi connectivity index (χ3v) is 6.42. The van der Waals surface area contributed by atoms with E-state index in [0.29, 0.717) is 38.5 Å². The molecule has 31 heavy (non-hydrogen) atoms. The lowest BCUT2D eigenvalue weighted by Gasteiger charge is -2.17. The second kappa shape index (κ2) is 8.52. The number of amides is 3. The van der Waals surface area contributed by atoms with Crippen LogP contribution < -0.4 is 15.0 Å². The molecular formula is C22H19N3O4S2. The van der Waals surface area contributed by atoms with Crippen LogP contribution in [-0.4, -0.2) is 47.1 Å². The molecule has 158 valence electrons. The quantitative estimate of drug-likeness (QED) is 0.553. The minimum absolute atomic E-state index is 0.182. The average Bonchev–Trinajstić information content (AvgIpc) is 3.17. The summed E-state index contributed by atoms with van der Waals surface area (Å²) < 4.78 is 5.79. The summed E-state index contributed by atoms with van der Waals surface area (Å²) in [5.41, 5.74) is 2.09. The zero-order chi connectivity index (χ0) is 22.1. The summed E-state index contributed by atoms with van der Waals surface area (Å²) in [5, 5.41) is 2.79. The first-order chi connectivity index (χ1) is 14.9. The van der Waals surface area contributed by atoms with Gasteiger partial charge in [-0.25, -0.2) is 0 Å². The van der Waals surface area contributed by atoms with Crippen molar-refractivity contribution in [2.75, 3.05) is 30.4 Å². The van der Waals surface area contributed by atoms with E-state index in [2.05, 4.69) is 5.32 Å². The maximum Gasteiger partial charge on any atom is 0.266 e. The topological polar surface area (TPSA) is 79.0 Å². The van der Waals surface area contributed by atoms with Gasteiger partial charge in [0, 0.05) is 18.3 Å². The standard InChI is InChI=1S/C22H19N3O4S2/c1-3-29-14-10-8-13(9-11-14)23-17(26)12-25-16-7-5-4-6-15(16)18(20(25)27)19-21(28)24(2)22(30)31-19/h4-11H,3,12H2,1-2H3,(H,23,26)/b19-18+. The fourth-order valence-corrected chi connectivity index (χ4v) is 4.65. The SMILES string of the molecule is CCOc1ccc(NC(=O)CN2C(=O)/C(=C3/SC(=S)N(C)C3=O)c3ccccc32)cc1. The van der Waals surface area contributed by atoms with E-state index >= 15 is 0 Å². The van der Waals surface area contributed by atoms with Gasteiger partial charge in [0.25, 0.3) is 11.8 Å². The van der Waals surface area contributed by atoms with Gasteiger partial charge in [-0.15, -0.1) is 0 Å². The van der Waals surface area contributed by atoms with Crippen molar-refractivity contribution in [2.24, 2.45) is 0 Å². The number of para-hydroxylation sites is 1. The van der Waals surface area contributed by atoms with Gasteiger partial charge in [-0.2, -0.15) is 0 Å². The van der Waals surface area contributed by atoms with E-state index in [4.69, 9.17) is 17.0 Å². The van der Waals surface area contributed by atoms with E-state index < -0.39 is 5.91 Å². The highest BCUT2D eigenvalue weighted by Crippen LogP contribution is 2.44. The predicted molar refractivity (Wildman–Crippen MR) is 125 cm³/mol. The number of fused-ring (bicyclic) bond motifs is 1. The maximum absolute atomic E-state index is 13.3. The molecule has 2 heterocycles. The van der Waals surface area contributed by atoms with E-state index in [9.17, 15) is 14.4 Å². The maximum atomic E-state index is 13.3. The summed E-state index contributed by atoms with van der Waals surface area (Å²) in [6.07, 6.45) is 0. The molecule has 0 saturated carbocycles. The molecule has 0 aromatic heterocycles. The second-order valence-corrected chi connectivity index (χ2v) is 8.49. The first-order valence-corrected chi connectivity index (χ1v) is 10.8. The normalized spacial score (nSPS) is 17.9. The van der Waals surface area contributed by atoms with Gasteiger partial charge in [-0.05, 0) is 37.3 Å². The highest BCUT2D eigenvalue weighted by atomic mass is 32.2. The molecule has 3 amide bonds. The van der Waals surface area contributed by atoms with E-state index in [0.717, 1.165) is 11.8 Å². The van der Waals surface area contributed by atoms with Crippen LogP contribution in [0.1, 0.15) is 12.5 Å². The average molecular weight is 454 g/mol. The summed E-state index contributed by atoms with van der Waals surface area (Å²) in [5.74, 6) is -0.343. The summed E-state index contributed by atoms with van der Waals surface area (Å²) in [7, 11) is 1.58. The van der Waals surface area contributed by atoms with Gasteiger partial charge < -0.3 is 10.1 Å². The number of thiocarbonyl (C=S) groups is 1. The number of hydrogen-bond donors (Lipinski definition) is 1. The number of anilines is 2. The second-order valence-electron chi connectivity index (χ2n) is 6.85. The van der Waals surface area contributed by atoms with Crippen LogP contribution in [0.15, 0.2) is 53.4 Å². The van der Waals surface area contributed by atoms with Crippen LogP contribution in [0.5, 0.6) is 5.75 Å². The molecule has 0 bridgehead atoms. The molecule has 2 aromatic carbocycles. The van der Waals surface area contributed by atoms with Crippen LogP contribution in [0, 0.1) is 0 Å². The Kier molecular flexibility index (Phi) is 5.79. The first kappa shape index (κ1) is 21.1. The molecule has 0 aliphatic carbocycles. The zero-order valence-electron chi connectivity index (χ0n) is 16.9. The number of benzene rings is 2. The van der Waals surface area contributed by atoms with Crippen molar-refractivity contribution < 1.29 is 19.1 Å². The molecule has 2 aromatic rings. The van der Waals surface area contributed by atoms with Crippen LogP contribution in [-0.2, 0) is 14.4 Å². The summed E-state index contributed by atoms with van der Waals surface area (Å²) in [6, 6.07) is 14.1. The van der Waals surface area contributed by atoms with Gasteiger partial charge >= 0.3 is 0 Å². The molecule has 1 N–H and O–H groups in total. The van der Waals surface area contributed by atoms with Crippen LogP contribution in [0.4, 0.5) is 11.4 Å². The number of likely N-dealkylation sites (N-methyl/N-ethyl adjacent to an activating group) is 1. The third kappa shape index (κ3) is 3.94. The summed E-state index contributed by atoms with van der Waals surface area (Å²) >= 11 is 6.31. The summed E-state index contributed by atoms with van der Waals surface area (Å²) in [4.78, 5) is 41.6. The van der Waals surface area contributed by atoms with Crippen molar-refractivity contribution in [3.63, 3.8) is 0 Å². The molecule has 1 saturated heterocycles. The monoisotopic (exact) mass is 453 g/mol. The Morgan fingerprint density at radius 3 is 2.45 bits per heavy atom. The van der Waals surface area contributed by atoms with Gasteiger partial charge in [0.1, 0.15) is 16.6 Å². The molecule has 0 unspecified atom stereocenters. The highest BCUT2D eigenvalue weighted by molar-refractivity contribution is 8.26. The molecule has 7 nitrogen and oxygen atoms in total. The number of rotatable bonds is 5. The molecule has 9 heteroatoms. The Hall–Kier alpha value is -3.17. The van der Waals surface area contributed by atoms with Gasteiger partial charge in [-0.1, -0.05) is 42.2 Å². The number of nitrogens with one attached hydrogen (secondary N) is 1. The van der Waals surface area contributed by atoms with Crippen LogP contribution in [0.3, 0.4) is 0 Å². The zero-order valence-corrected chi connectivity index (χ0v) is 18.5. The van der Waals surface area contributed by atoms with Crippen molar-refractivity contribution in [3.8, 4) is 5.75 Å². The third-order valence-electron chi connectivity index (χ3n) is 4.86. The number of ether oxygens (including phenoxy) is 1. The molecule has 1 fully saturated rings. The van der Waals surface area contributed by atoms with E-state index in [1.54, 1.807) is 55.6 Å². The minimum atomic E-state index is -0.392. The Labute approximate surface area is 189 Å². The molecule has 0 spiro atoms. The molecule has 0 atom stereocenters. The lowest BCUT2D eigenvalue weighted by atomic mass is 10.1. The number of carbonyl (C=O) groups excluding carboxylic acids is 3. The smallest absolute Gasteiger partial charge is 0.266 e. The number of nitrogens with zero attached hydrogens (tertiary/aromatic N) is 2. The fraction of sp³-hybridized carbons (Fsp3) is 0.182. The summed E-state index contributed by atoms with van der Waals surface area (Å²) in [6.45, 7) is 2.27. The molecule has 2 aliphatic rings. The van der Waals surface area contributed by atoms with Gasteiger partial charge in [0.15, 0.2) is 0 Å². The number of carbonyl (C=O) groups is 3. The van der Waals surface area contributed by atoms with Crippen molar-refractivity contribution >= 4 is 63.0 Å².